The lowest BCUT2D eigenvalue weighted by atomic mass is 10.1. The number of benzene rings is 2. The predicted molar refractivity (Wildman–Crippen MR) is 110 cm³/mol. The van der Waals surface area contributed by atoms with Gasteiger partial charge in [0, 0.05) is 0 Å². The second kappa shape index (κ2) is 8.91. The quantitative estimate of drug-likeness (QED) is 0.496. The second-order valence-corrected chi connectivity index (χ2v) is 6.72. The first-order valence-electron chi connectivity index (χ1n) is 8.53. The van der Waals surface area contributed by atoms with Gasteiger partial charge in [-0.15, -0.1) is 11.3 Å². The van der Waals surface area contributed by atoms with E-state index in [1.54, 1.807) is 42.6 Å². The van der Waals surface area contributed by atoms with Gasteiger partial charge in [-0.25, -0.2) is 5.43 Å². The molecular weight excluding hydrogens is 358 g/mol. The summed E-state index contributed by atoms with van der Waals surface area (Å²) in [5.41, 5.74) is 5.43. The fraction of sp³-hybridized carbons (Fsp3) is 0.0952. The molecule has 0 saturated carbocycles. The van der Waals surface area contributed by atoms with Gasteiger partial charge in [-0.2, -0.15) is 5.10 Å². The molecule has 0 spiro atoms. The van der Waals surface area contributed by atoms with Crippen LogP contribution in [0.15, 0.2) is 71.1 Å². The molecule has 0 unspecified atom stereocenters. The lowest BCUT2D eigenvalue weighted by Gasteiger charge is -2.09. The number of hydrazone groups is 1. The Morgan fingerprint density at radius 3 is 2.48 bits per heavy atom. The van der Waals surface area contributed by atoms with Gasteiger partial charge in [0.2, 0.25) is 0 Å². The van der Waals surface area contributed by atoms with Crippen LogP contribution in [-0.4, -0.2) is 18.0 Å². The summed E-state index contributed by atoms with van der Waals surface area (Å²) in [6, 6.07) is 18.3. The summed E-state index contributed by atoms with van der Waals surface area (Å²) >= 11 is 1.34. The molecule has 2 N–H and O–H groups in total. The van der Waals surface area contributed by atoms with E-state index in [2.05, 4.69) is 22.8 Å². The van der Waals surface area contributed by atoms with E-state index in [1.165, 1.54) is 16.9 Å². The number of hydrogen-bond donors (Lipinski definition) is 2. The molecule has 0 atom stereocenters. The van der Waals surface area contributed by atoms with E-state index >= 15 is 0 Å². The standard InChI is InChI=1S/C21H19N3O2S/c1-2-15-9-11-16(12-10-15)14-22-24-20(25)17-6-3-4-7-18(17)23-21(26)19-8-5-13-27-19/h3-14H,2H2,1H3,(H,23,26)(H,24,25)/b22-14-. The molecule has 0 bridgehead atoms. The van der Waals surface area contributed by atoms with Crippen molar-refractivity contribution >= 4 is 35.1 Å². The molecule has 0 aliphatic carbocycles. The van der Waals surface area contributed by atoms with Gasteiger partial charge in [0.15, 0.2) is 0 Å². The summed E-state index contributed by atoms with van der Waals surface area (Å²) in [5, 5.41) is 8.61. The number of anilines is 1. The number of nitrogens with one attached hydrogen (secondary N) is 2. The number of para-hydroxylation sites is 1. The Balaban J connectivity index is 1.67. The Hall–Kier alpha value is -3.25. The van der Waals surface area contributed by atoms with Crippen LogP contribution in [0.25, 0.3) is 0 Å². The normalized spacial score (nSPS) is 10.7. The third-order valence-electron chi connectivity index (χ3n) is 3.93. The Morgan fingerprint density at radius 1 is 1.00 bits per heavy atom. The van der Waals surface area contributed by atoms with E-state index in [0.29, 0.717) is 16.1 Å². The van der Waals surface area contributed by atoms with E-state index < -0.39 is 5.91 Å². The van der Waals surface area contributed by atoms with Gasteiger partial charge in [-0.05, 0) is 41.1 Å². The summed E-state index contributed by atoms with van der Waals surface area (Å²) < 4.78 is 0. The van der Waals surface area contributed by atoms with Gasteiger partial charge < -0.3 is 5.32 Å². The molecule has 27 heavy (non-hydrogen) atoms. The molecule has 1 aromatic heterocycles. The Bertz CT molecular complexity index is 948. The summed E-state index contributed by atoms with van der Waals surface area (Å²) in [5.74, 6) is -0.636. The molecule has 0 aliphatic heterocycles. The smallest absolute Gasteiger partial charge is 0.273 e. The molecule has 0 radical (unpaired) electrons. The zero-order valence-electron chi connectivity index (χ0n) is 14.8. The van der Waals surface area contributed by atoms with E-state index in [9.17, 15) is 9.59 Å². The number of hydrogen-bond acceptors (Lipinski definition) is 4. The van der Waals surface area contributed by atoms with E-state index in [0.717, 1.165) is 12.0 Å². The maximum absolute atomic E-state index is 12.5. The van der Waals surface area contributed by atoms with Gasteiger partial charge in [-0.1, -0.05) is 49.4 Å². The lowest BCUT2D eigenvalue weighted by Crippen LogP contribution is -2.21. The monoisotopic (exact) mass is 377 g/mol. The predicted octanol–water partition coefficient (Wildman–Crippen LogP) is 4.33. The highest BCUT2D eigenvalue weighted by Crippen LogP contribution is 2.18. The van der Waals surface area contributed by atoms with Crippen molar-refractivity contribution in [3.05, 3.63) is 87.6 Å². The lowest BCUT2D eigenvalue weighted by molar-refractivity contribution is 0.0956. The van der Waals surface area contributed by atoms with Crippen LogP contribution in [0, 0.1) is 0 Å². The number of rotatable bonds is 6. The maximum Gasteiger partial charge on any atom is 0.273 e. The van der Waals surface area contributed by atoms with Crippen LogP contribution in [0.3, 0.4) is 0 Å². The molecule has 0 saturated heterocycles. The van der Waals surface area contributed by atoms with Crippen molar-refractivity contribution in [3.8, 4) is 0 Å². The summed E-state index contributed by atoms with van der Waals surface area (Å²) in [7, 11) is 0. The second-order valence-electron chi connectivity index (χ2n) is 5.77. The van der Waals surface area contributed by atoms with Gasteiger partial charge in [0.1, 0.15) is 0 Å². The van der Waals surface area contributed by atoms with Crippen molar-refractivity contribution in [2.45, 2.75) is 13.3 Å². The van der Waals surface area contributed by atoms with Crippen LogP contribution in [0.2, 0.25) is 0 Å². The van der Waals surface area contributed by atoms with Crippen molar-refractivity contribution in [1.82, 2.24) is 5.43 Å². The van der Waals surface area contributed by atoms with Gasteiger partial charge in [-0.3, -0.25) is 9.59 Å². The summed E-state index contributed by atoms with van der Waals surface area (Å²) in [6.45, 7) is 2.10. The van der Waals surface area contributed by atoms with Gasteiger partial charge in [0.05, 0.1) is 22.3 Å². The minimum Gasteiger partial charge on any atom is -0.321 e. The van der Waals surface area contributed by atoms with Crippen LogP contribution in [0.4, 0.5) is 5.69 Å². The number of amides is 2. The third kappa shape index (κ3) is 4.89. The highest BCUT2D eigenvalue weighted by atomic mass is 32.1. The molecule has 3 aromatic rings. The number of aryl methyl sites for hydroxylation is 1. The Morgan fingerprint density at radius 2 is 1.78 bits per heavy atom. The first kappa shape index (κ1) is 18.5. The fourth-order valence-corrected chi connectivity index (χ4v) is 3.07. The van der Waals surface area contributed by atoms with Crippen molar-refractivity contribution in [3.63, 3.8) is 0 Å². The average molecular weight is 377 g/mol. The zero-order chi connectivity index (χ0) is 19.1. The number of carbonyl (C=O) groups excluding carboxylic acids is 2. The fourth-order valence-electron chi connectivity index (χ4n) is 2.45. The molecule has 0 aliphatic rings. The molecular formula is C21H19N3O2S. The molecule has 0 fully saturated rings. The molecule has 2 aromatic carbocycles. The molecule has 5 nitrogen and oxygen atoms in total. The van der Waals surface area contributed by atoms with Crippen LogP contribution in [0.1, 0.15) is 38.1 Å². The maximum atomic E-state index is 12.5. The topological polar surface area (TPSA) is 70.6 Å². The molecule has 136 valence electrons. The van der Waals surface area contributed by atoms with Crippen molar-refractivity contribution in [2.24, 2.45) is 5.10 Å². The first-order chi connectivity index (χ1) is 13.2. The first-order valence-corrected chi connectivity index (χ1v) is 9.41. The number of thiophene rings is 1. The number of carbonyl (C=O) groups is 2. The number of nitrogens with zero attached hydrogens (tertiary/aromatic N) is 1. The zero-order valence-corrected chi connectivity index (χ0v) is 15.6. The van der Waals surface area contributed by atoms with E-state index in [4.69, 9.17) is 0 Å². The van der Waals surface area contributed by atoms with Gasteiger partial charge >= 0.3 is 0 Å². The SMILES string of the molecule is CCc1ccc(/C=N\NC(=O)c2ccccc2NC(=O)c2cccs2)cc1. The van der Waals surface area contributed by atoms with E-state index in [1.807, 2.05) is 29.6 Å². The minimum absolute atomic E-state index is 0.246. The molecule has 6 heteroatoms. The molecule has 3 rings (SSSR count). The van der Waals surface area contributed by atoms with Crippen molar-refractivity contribution in [2.75, 3.05) is 5.32 Å². The highest BCUT2D eigenvalue weighted by molar-refractivity contribution is 7.12. The van der Waals surface area contributed by atoms with Crippen molar-refractivity contribution < 1.29 is 9.59 Å². The largest absolute Gasteiger partial charge is 0.321 e. The molecule has 2 amide bonds. The average Bonchev–Trinajstić information content (AvgIpc) is 3.24. The highest BCUT2D eigenvalue weighted by Gasteiger charge is 2.14. The van der Waals surface area contributed by atoms with Crippen LogP contribution < -0.4 is 10.7 Å². The molecule has 1 heterocycles. The van der Waals surface area contributed by atoms with Crippen molar-refractivity contribution in [1.29, 1.82) is 0 Å². The summed E-state index contributed by atoms with van der Waals surface area (Å²) in [4.78, 5) is 25.3. The Kier molecular flexibility index (Phi) is 6.12. The Labute approximate surface area is 161 Å². The van der Waals surface area contributed by atoms with E-state index in [-0.39, 0.29) is 5.91 Å². The third-order valence-corrected chi connectivity index (χ3v) is 4.80. The summed E-state index contributed by atoms with van der Waals surface area (Å²) in [6.07, 6.45) is 2.56. The van der Waals surface area contributed by atoms with Crippen LogP contribution in [-0.2, 0) is 6.42 Å². The van der Waals surface area contributed by atoms with Crippen LogP contribution in [0.5, 0.6) is 0 Å². The minimum atomic E-state index is -0.390. The van der Waals surface area contributed by atoms with Crippen LogP contribution >= 0.6 is 11.3 Å². The van der Waals surface area contributed by atoms with Gasteiger partial charge in [0.25, 0.3) is 11.8 Å².